The molecule has 0 bridgehead atoms. The fraction of sp³-hybridized carbons (Fsp3) is 0.222. The van der Waals surface area contributed by atoms with Crippen molar-refractivity contribution in [1.82, 2.24) is 0 Å². The molecule has 0 aromatic heterocycles. The van der Waals surface area contributed by atoms with Gasteiger partial charge in [-0.25, -0.2) is 0 Å². The van der Waals surface area contributed by atoms with Crippen LogP contribution in [-0.2, 0) is 23.1 Å². The SMILES string of the molecule is CC(O)C(=O)[O-].[Zn+][c]1ccccc1. The van der Waals surface area contributed by atoms with Gasteiger partial charge in [-0.15, -0.1) is 0 Å². The normalized spacial score (nSPS) is 11.1. The van der Waals surface area contributed by atoms with E-state index in [0.717, 1.165) is 6.92 Å². The van der Waals surface area contributed by atoms with Gasteiger partial charge in [0, 0.05) is 0 Å². The van der Waals surface area contributed by atoms with E-state index in [0.29, 0.717) is 0 Å². The summed E-state index contributed by atoms with van der Waals surface area (Å²) in [6.07, 6.45) is -1.34. The molecule has 0 spiro atoms. The third-order valence-electron chi connectivity index (χ3n) is 1.18. The van der Waals surface area contributed by atoms with Crippen molar-refractivity contribution >= 4 is 10.1 Å². The number of carboxylic acids is 1. The number of carboxylic acid groups (broad SMARTS) is 1. The van der Waals surface area contributed by atoms with Gasteiger partial charge in [-0.1, -0.05) is 0 Å². The van der Waals surface area contributed by atoms with E-state index in [1.54, 1.807) is 0 Å². The van der Waals surface area contributed by atoms with Gasteiger partial charge in [-0.2, -0.15) is 0 Å². The molecule has 0 saturated carbocycles. The summed E-state index contributed by atoms with van der Waals surface area (Å²) < 4.78 is 1.45. The van der Waals surface area contributed by atoms with Crippen molar-refractivity contribution in [2.24, 2.45) is 0 Å². The Morgan fingerprint density at radius 3 is 2.00 bits per heavy atom. The van der Waals surface area contributed by atoms with E-state index in [-0.39, 0.29) is 0 Å². The van der Waals surface area contributed by atoms with Crippen LogP contribution in [0.2, 0.25) is 0 Å². The molecule has 1 N–H and O–H groups in total. The predicted molar refractivity (Wildman–Crippen MR) is 42.8 cm³/mol. The molecule has 0 aliphatic rings. The molecule has 0 aliphatic carbocycles. The minimum atomic E-state index is -1.44. The Kier molecular flexibility index (Phi) is 6.38. The molecule has 1 atom stereocenters. The second kappa shape index (κ2) is 6.75. The number of hydrogen-bond donors (Lipinski definition) is 1. The molecule has 0 amide bonds. The summed E-state index contributed by atoms with van der Waals surface area (Å²) in [6, 6.07) is 10.5. The number of benzene rings is 1. The molecule has 0 fully saturated rings. The monoisotopic (exact) mass is 230 g/mol. The van der Waals surface area contributed by atoms with Crippen LogP contribution in [0.25, 0.3) is 0 Å². The van der Waals surface area contributed by atoms with Gasteiger partial charge in [0.2, 0.25) is 0 Å². The van der Waals surface area contributed by atoms with Crippen LogP contribution in [0.4, 0.5) is 0 Å². The van der Waals surface area contributed by atoms with Crippen molar-refractivity contribution in [3.05, 3.63) is 30.3 Å². The van der Waals surface area contributed by atoms with Crippen molar-refractivity contribution in [2.45, 2.75) is 13.0 Å². The third kappa shape index (κ3) is 7.63. The van der Waals surface area contributed by atoms with Crippen LogP contribution in [0, 0.1) is 0 Å². The fourth-order valence-corrected chi connectivity index (χ4v) is 1.05. The van der Waals surface area contributed by atoms with E-state index in [4.69, 9.17) is 5.11 Å². The van der Waals surface area contributed by atoms with Gasteiger partial charge in [0.15, 0.2) is 0 Å². The summed E-state index contributed by atoms with van der Waals surface area (Å²) in [5.74, 6) is -1.44. The third-order valence-corrected chi connectivity index (χ3v) is 2.17. The molecule has 3 nitrogen and oxygen atoms in total. The average molecular weight is 232 g/mol. The van der Waals surface area contributed by atoms with Crippen molar-refractivity contribution in [2.75, 3.05) is 0 Å². The van der Waals surface area contributed by atoms with Gasteiger partial charge in [0.25, 0.3) is 0 Å². The number of rotatable bonds is 1. The Hall–Kier alpha value is -0.727. The summed E-state index contributed by atoms with van der Waals surface area (Å²) in [5, 5.41) is 17.3. The molecule has 1 rings (SSSR count). The second-order valence-electron chi connectivity index (χ2n) is 2.48. The molecule has 0 aliphatic heterocycles. The molecule has 0 radical (unpaired) electrons. The molecule has 66 valence electrons. The zero-order valence-electron chi connectivity index (χ0n) is 7.43. The molecule has 1 unspecified atom stereocenters. The number of carbonyl (C=O) groups excluding carboxylic acids is 1. The van der Waals surface area contributed by atoms with Crippen LogP contribution < -0.4 is 9.26 Å². The van der Waals surface area contributed by atoms with Crippen LogP contribution in [0.5, 0.6) is 0 Å². The van der Waals surface area contributed by atoms with Crippen molar-refractivity contribution in [3.63, 3.8) is 0 Å². The number of carbonyl (C=O) groups is 1. The number of aliphatic carboxylic acids is 1. The Morgan fingerprint density at radius 1 is 1.46 bits per heavy atom. The molecule has 1 aromatic rings. The summed E-state index contributed by atoms with van der Waals surface area (Å²) in [4.78, 5) is 9.34. The standard InChI is InChI=1S/C6H5.C3H6O3.Zn/c1-2-4-6-5-3-1;1-2(4)3(5)6;/h1-5H;2,4H,1H3,(H,5,6);/q;;+1/p-1. The first-order valence-electron chi connectivity index (χ1n) is 3.80. The molecule has 4 heteroatoms. The van der Waals surface area contributed by atoms with Gasteiger partial charge in [-0.05, 0) is 6.92 Å². The zero-order valence-corrected chi connectivity index (χ0v) is 10.4. The van der Waals surface area contributed by atoms with Crippen molar-refractivity contribution in [3.8, 4) is 0 Å². The van der Waals surface area contributed by atoms with E-state index >= 15 is 0 Å². The topological polar surface area (TPSA) is 60.4 Å². The van der Waals surface area contributed by atoms with Crippen LogP contribution in [0.3, 0.4) is 0 Å². The van der Waals surface area contributed by atoms with E-state index in [9.17, 15) is 9.90 Å². The van der Waals surface area contributed by atoms with E-state index in [1.807, 2.05) is 6.07 Å². The quantitative estimate of drug-likeness (QED) is 0.629. The Labute approximate surface area is 87.1 Å². The zero-order chi connectivity index (χ0) is 10.3. The second-order valence-corrected chi connectivity index (χ2v) is 4.19. The molecular weight excluding hydrogens is 221 g/mol. The average Bonchev–Trinajstić information content (AvgIpc) is 2.06. The van der Waals surface area contributed by atoms with Gasteiger partial charge < -0.3 is 15.0 Å². The summed E-state index contributed by atoms with van der Waals surface area (Å²) in [6.45, 7) is 1.13. The number of aliphatic hydroxyl groups is 1. The molecule has 1 aromatic carbocycles. The minimum absolute atomic E-state index is 1.13. The van der Waals surface area contributed by atoms with Crippen LogP contribution in [0.15, 0.2) is 30.3 Å². The first kappa shape index (κ1) is 12.3. The van der Waals surface area contributed by atoms with Crippen LogP contribution in [-0.4, -0.2) is 17.2 Å². The van der Waals surface area contributed by atoms with Gasteiger partial charge >= 0.3 is 52.8 Å². The summed E-state index contributed by atoms with van der Waals surface area (Å²) in [5.41, 5.74) is 0. The van der Waals surface area contributed by atoms with Crippen LogP contribution >= 0.6 is 0 Å². The van der Waals surface area contributed by atoms with Gasteiger partial charge in [0.05, 0.1) is 12.1 Å². The molecule has 0 saturated heterocycles. The summed E-state index contributed by atoms with van der Waals surface area (Å²) >= 11 is 1.26. The van der Waals surface area contributed by atoms with E-state index < -0.39 is 12.1 Å². The predicted octanol–water partition coefficient (Wildman–Crippen LogP) is -1.02. The maximum absolute atomic E-state index is 9.34. The first-order valence-corrected chi connectivity index (χ1v) is 5.28. The molecular formula is C9H10O3Zn. The van der Waals surface area contributed by atoms with Gasteiger partial charge in [0.1, 0.15) is 0 Å². The number of hydrogen-bond acceptors (Lipinski definition) is 3. The van der Waals surface area contributed by atoms with E-state index in [1.165, 1.54) is 22.5 Å². The Balaban J connectivity index is 0.000000226. The Bertz CT molecular complexity index is 246. The summed E-state index contributed by atoms with van der Waals surface area (Å²) in [7, 11) is 0. The van der Waals surface area contributed by atoms with Crippen LogP contribution in [0.1, 0.15) is 6.92 Å². The number of aliphatic hydroxyl groups excluding tert-OH is 1. The maximum atomic E-state index is 9.34. The van der Waals surface area contributed by atoms with Crippen molar-refractivity contribution in [1.29, 1.82) is 0 Å². The van der Waals surface area contributed by atoms with Gasteiger partial charge in [-0.3, -0.25) is 0 Å². The molecule has 0 heterocycles. The van der Waals surface area contributed by atoms with E-state index in [2.05, 4.69) is 24.3 Å². The molecule has 13 heavy (non-hydrogen) atoms. The van der Waals surface area contributed by atoms with Crippen molar-refractivity contribution < 1.29 is 33.3 Å². The fourth-order valence-electron chi connectivity index (χ4n) is 0.478. The Morgan fingerprint density at radius 2 is 1.85 bits per heavy atom. The first-order chi connectivity index (χ1) is 6.04.